The first kappa shape index (κ1) is 54.4. The van der Waals surface area contributed by atoms with E-state index < -0.39 is 51.8 Å². The van der Waals surface area contributed by atoms with E-state index in [1.165, 1.54) is 77.0 Å². The summed E-state index contributed by atoms with van der Waals surface area (Å²) in [6.45, 7) is 2.24. The first-order valence-corrected chi connectivity index (χ1v) is 23.4. The van der Waals surface area contributed by atoms with Crippen molar-refractivity contribution in [1.82, 2.24) is 0 Å². The van der Waals surface area contributed by atoms with E-state index >= 15 is 0 Å². The summed E-state index contributed by atoms with van der Waals surface area (Å²) in [4.78, 5) is 34.9. The Hall–Kier alpha value is -2.59. The number of aliphatic hydroxyl groups excluding tert-OH is 2. The fourth-order valence-electron chi connectivity index (χ4n) is 5.44. The van der Waals surface area contributed by atoms with Crippen molar-refractivity contribution >= 4 is 19.8 Å². The lowest BCUT2D eigenvalue weighted by molar-refractivity contribution is -0.161. The van der Waals surface area contributed by atoms with Crippen LogP contribution in [0.4, 0.5) is 0 Å². The van der Waals surface area contributed by atoms with Gasteiger partial charge in [-0.1, -0.05) is 151 Å². The third kappa shape index (κ3) is 41.4. The van der Waals surface area contributed by atoms with Crippen LogP contribution < -0.4 is 0 Å². The van der Waals surface area contributed by atoms with Crippen LogP contribution in [0.2, 0.25) is 0 Å². The number of carbonyl (C=O) groups is 2. The van der Waals surface area contributed by atoms with E-state index in [4.69, 9.17) is 19.1 Å². The number of phosphoric acid groups is 1. The molecule has 3 atom stereocenters. The van der Waals surface area contributed by atoms with Crippen molar-refractivity contribution < 1.29 is 47.8 Å². The largest absolute Gasteiger partial charge is 0.472 e. The Kier molecular flexibility index (Phi) is 39.7. The number of esters is 2. The predicted octanol–water partition coefficient (Wildman–Crippen LogP) is 11.7. The molecular formula is C46H79O10P. The summed E-state index contributed by atoms with van der Waals surface area (Å²) in [6.07, 6.45) is 47.3. The second-order valence-corrected chi connectivity index (χ2v) is 15.8. The SMILES string of the molecule is CCCCC/C=C\C/C=C\C/C=C\C/C=C\C/C=C\CCC(=O)O[C@H](COC(=O)CCCCCCCCC/C=C\CCCCCC)COP(=O)(O)OC[C@@H](O)CO. The number of unbranched alkanes of at least 4 members (excludes halogenated alkanes) is 14. The maximum absolute atomic E-state index is 12.6. The highest BCUT2D eigenvalue weighted by molar-refractivity contribution is 7.47. The Morgan fingerprint density at radius 2 is 0.947 bits per heavy atom. The molecule has 0 aliphatic rings. The van der Waals surface area contributed by atoms with Crippen LogP contribution in [0, 0.1) is 0 Å². The Morgan fingerprint density at radius 1 is 0.526 bits per heavy atom. The summed E-state index contributed by atoms with van der Waals surface area (Å²) in [6, 6.07) is 0. The maximum Gasteiger partial charge on any atom is 0.472 e. The molecule has 11 heteroatoms. The summed E-state index contributed by atoms with van der Waals surface area (Å²) in [7, 11) is -4.64. The van der Waals surface area contributed by atoms with Gasteiger partial charge >= 0.3 is 19.8 Å². The maximum atomic E-state index is 12.6. The molecule has 3 N–H and O–H groups in total. The quantitative estimate of drug-likeness (QED) is 0.0236. The van der Waals surface area contributed by atoms with Gasteiger partial charge in [0.15, 0.2) is 6.10 Å². The van der Waals surface area contributed by atoms with Gasteiger partial charge in [0, 0.05) is 12.8 Å². The van der Waals surface area contributed by atoms with Crippen LogP contribution in [0.15, 0.2) is 72.9 Å². The predicted molar refractivity (Wildman–Crippen MR) is 233 cm³/mol. The molecule has 0 amide bonds. The number of allylic oxidation sites excluding steroid dienone is 12. The lowest BCUT2D eigenvalue weighted by Gasteiger charge is -2.20. The van der Waals surface area contributed by atoms with Crippen LogP contribution in [-0.4, -0.2) is 65.7 Å². The van der Waals surface area contributed by atoms with Crippen LogP contribution in [0.5, 0.6) is 0 Å². The van der Waals surface area contributed by atoms with Crippen molar-refractivity contribution in [3.63, 3.8) is 0 Å². The minimum Gasteiger partial charge on any atom is -0.462 e. The molecule has 328 valence electrons. The molecule has 0 aliphatic heterocycles. The zero-order chi connectivity index (χ0) is 41.9. The Labute approximate surface area is 346 Å². The number of hydrogen-bond donors (Lipinski definition) is 3. The molecule has 57 heavy (non-hydrogen) atoms. The number of aliphatic hydroxyl groups is 2. The van der Waals surface area contributed by atoms with E-state index in [0.717, 1.165) is 51.4 Å². The second kappa shape index (κ2) is 41.6. The summed E-state index contributed by atoms with van der Waals surface area (Å²) in [5.41, 5.74) is 0. The fourth-order valence-corrected chi connectivity index (χ4v) is 6.23. The van der Waals surface area contributed by atoms with Crippen LogP contribution in [0.3, 0.4) is 0 Å². The standard InChI is InChI=1S/C46H79O10P/c1-3-5-7-9-11-13-15-17-19-20-21-22-24-26-28-30-32-34-36-38-46(50)56-44(42-55-57(51,52)54-40-43(48)39-47)41-53-45(49)37-35-33-31-29-27-25-23-18-16-14-12-10-8-6-4-2/h11,13-14,16-17,19,21-22,26,28,32,34,43-44,47-48H,3-10,12,15,18,20,23-25,27,29-31,33,35-42H2,1-2H3,(H,51,52)/b13-11-,16-14-,19-17-,22-21-,28-26-,34-32-/t43-,44+/m0/s1. The highest BCUT2D eigenvalue weighted by Gasteiger charge is 2.27. The third-order valence-electron chi connectivity index (χ3n) is 8.85. The molecule has 0 aromatic heterocycles. The highest BCUT2D eigenvalue weighted by atomic mass is 31.2. The first-order valence-electron chi connectivity index (χ1n) is 21.9. The first-order chi connectivity index (χ1) is 27.7. The van der Waals surface area contributed by atoms with Gasteiger partial charge in [0.25, 0.3) is 0 Å². The molecule has 0 heterocycles. The average molecular weight is 823 g/mol. The number of carbonyl (C=O) groups excluding carboxylic acids is 2. The molecule has 0 fully saturated rings. The molecule has 1 unspecified atom stereocenters. The molecular weight excluding hydrogens is 743 g/mol. The van der Waals surface area contributed by atoms with Gasteiger partial charge in [-0.3, -0.25) is 18.6 Å². The van der Waals surface area contributed by atoms with Crippen molar-refractivity contribution in [3.8, 4) is 0 Å². The lowest BCUT2D eigenvalue weighted by Crippen LogP contribution is -2.29. The second-order valence-electron chi connectivity index (χ2n) is 14.4. The van der Waals surface area contributed by atoms with Crippen molar-refractivity contribution in [2.45, 2.75) is 180 Å². The molecule has 0 radical (unpaired) electrons. The number of hydrogen-bond acceptors (Lipinski definition) is 9. The van der Waals surface area contributed by atoms with E-state index in [1.807, 2.05) is 12.2 Å². The zero-order valence-electron chi connectivity index (χ0n) is 35.5. The van der Waals surface area contributed by atoms with E-state index in [9.17, 15) is 24.2 Å². The van der Waals surface area contributed by atoms with E-state index in [2.05, 4.69) is 79.1 Å². The molecule has 0 saturated heterocycles. The van der Waals surface area contributed by atoms with Gasteiger partial charge in [0.1, 0.15) is 12.7 Å². The zero-order valence-corrected chi connectivity index (χ0v) is 36.4. The van der Waals surface area contributed by atoms with Gasteiger partial charge < -0.3 is 24.6 Å². The summed E-state index contributed by atoms with van der Waals surface area (Å²) in [5.74, 6) is -1.03. The number of phosphoric ester groups is 1. The summed E-state index contributed by atoms with van der Waals surface area (Å²) < 4.78 is 32.6. The third-order valence-corrected chi connectivity index (χ3v) is 9.80. The van der Waals surface area contributed by atoms with Crippen LogP contribution in [0.25, 0.3) is 0 Å². The minimum atomic E-state index is -4.64. The Morgan fingerprint density at radius 3 is 1.49 bits per heavy atom. The fraction of sp³-hybridized carbons (Fsp3) is 0.696. The van der Waals surface area contributed by atoms with Gasteiger partial charge in [0.05, 0.1) is 19.8 Å². The normalized spacial score (nSPS) is 14.5. The average Bonchev–Trinajstić information content (AvgIpc) is 3.20. The smallest absolute Gasteiger partial charge is 0.462 e. The molecule has 0 spiro atoms. The van der Waals surface area contributed by atoms with Gasteiger partial charge in [-0.2, -0.15) is 0 Å². The molecule has 0 aliphatic carbocycles. The van der Waals surface area contributed by atoms with Crippen LogP contribution in [0.1, 0.15) is 168 Å². The van der Waals surface area contributed by atoms with Crippen molar-refractivity contribution in [3.05, 3.63) is 72.9 Å². The number of rotatable bonds is 40. The van der Waals surface area contributed by atoms with Gasteiger partial charge in [-0.25, -0.2) is 4.57 Å². The van der Waals surface area contributed by atoms with Crippen molar-refractivity contribution in [2.75, 3.05) is 26.4 Å². The molecule has 0 rings (SSSR count). The molecule has 0 aromatic rings. The molecule has 0 aromatic carbocycles. The number of ether oxygens (including phenoxy) is 2. The Balaban J connectivity index is 4.44. The van der Waals surface area contributed by atoms with E-state index in [-0.39, 0.29) is 19.4 Å². The van der Waals surface area contributed by atoms with E-state index in [0.29, 0.717) is 12.8 Å². The van der Waals surface area contributed by atoms with E-state index in [1.54, 1.807) is 0 Å². The minimum absolute atomic E-state index is 0.0569. The molecule has 0 bridgehead atoms. The topological polar surface area (TPSA) is 149 Å². The lowest BCUT2D eigenvalue weighted by atomic mass is 10.1. The monoisotopic (exact) mass is 823 g/mol. The van der Waals surface area contributed by atoms with Crippen LogP contribution >= 0.6 is 7.82 Å². The summed E-state index contributed by atoms with van der Waals surface area (Å²) in [5, 5.41) is 18.3. The van der Waals surface area contributed by atoms with Crippen molar-refractivity contribution in [1.29, 1.82) is 0 Å². The highest BCUT2D eigenvalue weighted by Crippen LogP contribution is 2.43. The van der Waals surface area contributed by atoms with Gasteiger partial charge in [0.2, 0.25) is 0 Å². The summed E-state index contributed by atoms with van der Waals surface area (Å²) >= 11 is 0. The molecule has 0 saturated carbocycles. The van der Waals surface area contributed by atoms with Gasteiger partial charge in [-0.15, -0.1) is 0 Å². The van der Waals surface area contributed by atoms with Crippen LogP contribution in [-0.2, 0) is 32.7 Å². The molecule has 10 nitrogen and oxygen atoms in total. The Bertz CT molecular complexity index is 1180. The van der Waals surface area contributed by atoms with Crippen molar-refractivity contribution in [2.24, 2.45) is 0 Å². The van der Waals surface area contributed by atoms with Gasteiger partial charge in [-0.05, 0) is 77.0 Å².